The lowest BCUT2D eigenvalue weighted by Gasteiger charge is -2.34. The van der Waals surface area contributed by atoms with Gasteiger partial charge in [-0.05, 0) is 39.5 Å². The van der Waals surface area contributed by atoms with Gasteiger partial charge in [0, 0.05) is 31.2 Å². The Bertz CT molecular complexity index is 501. The molecule has 3 N–H and O–H groups in total. The summed E-state index contributed by atoms with van der Waals surface area (Å²) in [5.74, 6) is 8.85. The molecule has 0 amide bonds. The summed E-state index contributed by atoms with van der Waals surface area (Å²) in [6.45, 7) is 6.78. The van der Waals surface area contributed by atoms with E-state index in [0.29, 0.717) is 12.0 Å². The van der Waals surface area contributed by atoms with Crippen LogP contribution in [-0.2, 0) is 4.74 Å². The lowest BCUT2D eigenvalue weighted by atomic mass is 10.1. The third-order valence-corrected chi connectivity index (χ3v) is 4.30. The molecule has 1 aromatic heterocycles. The fourth-order valence-corrected chi connectivity index (χ4v) is 3.00. The van der Waals surface area contributed by atoms with Crippen LogP contribution in [0.2, 0.25) is 0 Å². The van der Waals surface area contributed by atoms with E-state index in [0.717, 1.165) is 55.6 Å². The summed E-state index contributed by atoms with van der Waals surface area (Å²) in [5.41, 5.74) is 3.75. The molecular formula is C15H25N5O. The van der Waals surface area contributed by atoms with Gasteiger partial charge in [0.2, 0.25) is 0 Å². The van der Waals surface area contributed by atoms with Gasteiger partial charge in [-0.15, -0.1) is 0 Å². The van der Waals surface area contributed by atoms with Crippen LogP contribution in [0.3, 0.4) is 0 Å². The van der Waals surface area contributed by atoms with Crippen molar-refractivity contribution >= 4 is 11.6 Å². The minimum Gasteiger partial charge on any atom is -0.377 e. The summed E-state index contributed by atoms with van der Waals surface area (Å²) in [6.07, 6.45) is 4.95. The molecule has 6 heteroatoms. The van der Waals surface area contributed by atoms with E-state index in [1.807, 2.05) is 6.92 Å². The number of hydrogen-bond acceptors (Lipinski definition) is 6. The topological polar surface area (TPSA) is 76.3 Å². The second-order valence-electron chi connectivity index (χ2n) is 5.96. The lowest BCUT2D eigenvalue weighted by molar-refractivity contribution is 0.0525. The standard InChI is InChI=1S/C15H25N5O/c1-3-21-12-5-4-8-20(9-12)15-10(2)13(19-16)17-14(18-15)11-6-7-11/h11-12H,3-9,16H2,1-2H3,(H,17,18,19). The summed E-state index contributed by atoms with van der Waals surface area (Å²) in [5, 5.41) is 0. The molecule has 1 saturated carbocycles. The highest BCUT2D eigenvalue weighted by molar-refractivity contribution is 5.58. The van der Waals surface area contributed by atoms with Crippen LogP contribution in [0.1, 0.15) is 49.9 Å². The number of nitrogens with zero attached hydrogens (tertiary/aromatic N) is 3. The molecule has 1 aliphatic carbocycles. The van der Waals surface area contributed by atoms with E-state index >= 15 is 0 Å². The maximum absolute atomic E-state index is 5.80. The SMILES string of the molecule is CCOC1CCCN(c2nc(C3CC3)nc(NN)c2C)C1. The van der Waals surface area contributed by atoms with Crippen molar-refractivity contribution in [2.24, 2.45) is 5.84 Å². The van der Waals surface area contributed by atoms with Gasteiger partial charge in [-0.25, -0.2) is 15.8 Å². The lowest BCUT2D eigenvalue weighted by Crippen LogP contribution is -2.40. The zero-order chi connectivity index (χ0) is 14.8. The first kappa shape index (κ1) is 14.5. The molecule has 1 atom stereocenters. The molecule has 2 aliphatic rings. The van der Waals surface area contributed by atoms with Crippen LogP contribution in [0.25, 0.3) is 0 Å². The Morgan fingerprint density at radius 2 is 2.14 bits per heavy atom. The molecule has 1 saturated heterocycles. The van der Waals surface area contributed by atoms with Gasteiger partial charge in [0.05, 0.1) is 6.10 Å². The van der Waals surface area contributed by atoms with Crippen LogP contribution < -0.4 is 16.2 Å². The van der Waals surface area contributed by atoms with E-state index < -0.39 is 0 Å². The number of aromatic nitrogens is 2. The molecule has 0 aromatic carbocycles. The fraction of sp³-hybridized carbons (Fsp3) is 0.733. The van der Waals surface area contributed by atoms with Crippen LogP contribution >= 0.6 is 0 Å². The number of nitrogen functional groups attached to an aromatic ring is 1. The normalized spacial score (nSPS) is 22.4. The van der Waals surface area contributed by atoms with Crippen molar-refractivity contribution in [1.82, 2.24) is 9.97 Å². The number of anilines is 2. The van der Waals surface area contributed by atoms with Crippen molar-refractivity contribution < 1.29 is 4.74 Å². The Labute approximate surface area is 126 Å². The fourth-order valence-electron chi connectivity index (χ4n) is 3.00. The molecule has 1 aliphatic heterocycles. The first-order chi connectivity index (χ1) is 10.2. The molecule has 3 rings (SSSR count). The quantitative estimate of drug-likeness (QED) is 0.638. The van der Waals surface area contributed by atoms with Crippen molar-refractivity contribution in [3.8, 4) is 0 Å². The van der Waals surface area contributed by atoms with Gasteiger partial charge >= 0.3 is 0 Å². The van der Waals surface area contributed by atoms with Gasteiger partial charge in [0.1, 0.15) is 17.5 Å². The Morgan fingerprint density at radius 3 is 2.81 bits per heavy atom. The van der Waals surface area contributed by atoms with Crippen LogP contribution in [0.5, 0.6) is 0 Å². The Balaban J connectivity index is 1.87. The monoisotopic (exact) mass is 291 g/mol. The number of rotatable bonds is 5. The molecule has 0 spiro atoms. The van der Waals surface area contributed by atoms with Gasteiger partial charge < -0.3 is 15.1 Å². The van der Waals surface area contributed by atoms with Gasteiger partial charge in [-0.1, -0.05) is 0 Å². The summed E-state index contributed by atoms with van der Waals surface area (Å²) in [6, 6.07) is 0. The molecule has 0 bridgehead atoms. The average Bonchev–Trinajstić information content (AvgIpc) is 3.33. The van der Waals surface area contributed by atoms with Crippen molar-refractivity contribution in [3.05, 3.63) is 11.4 Å². The summed E-state index contributed by atoms with van der Waals surface area (Å²) >= 11 is 0. The van der Waals surface area contributed by atoms with E-state index in [1.54, 1.807) is 0 Å². The smallest absolute Gasteiger partial charge is 0.148 e. The summed E-state index contributed by atoms with van der Waals surface area (Å²) in [4.78, 5) is 11.7. The number of nitrogens with one attached hydrogen (secondary N) is 1. The highest BCUT2D eigenvalue weighted by Crippen LogP contribution is 2.40. The molecule has 2 fully saturated rings. The minimum absolute atomic E-state index is 0.303. The maximum Gasteiger partial charge on any atom is 0.148 e. The highest BCUT2D eigenvalue weighted by Gasteiger charge is 2.30. The van der Waals surface area contributed by atoms with Crippen LogP contribution in [0, 0.1) is 6.92 Å². The average molecular weight is 291 g/mol. The van der Waals surface area contributed by atoms with Gasteiger partial charge in [0.15, 0.2) is 0 Å². The molecule has 21 heavy (non-hydrogen) atoms. The number of piperidine rings is 1. The summed E-state index contributed by atoms with van der Waals surface area (Å²) in [7, 11) is 0. The molecular weight excluding hydrogens is 266 g/mol. The largest absolute Gasteiger partial charge is 0.377 e. The van der Waals surface area contributed by atoms with E-state index in [1.165, 1.54) is 12.8 Å². The number of nitrogens with two attached hydrogens (primary N) is 1. The Morgan fingerprint density at radius 1 is 1.33 bits per heavy atom. The van der Waals surface area contributed by atoms with Gasteiger partial charge in [-0.2, -0.15) is 0 Å². The summed E-state index contributed by atoms with van der Waals surface area (Å²) < 4.78 is 5.80. The highest BCUT2D eigenvalue weighted by atomic mass is 16.5. The first-order valence-electron chi connectivity index (χ1n) is 7.94. The van der Waals surface area contributed by atoms with Crippen LogP contribution in [0.4, 0.5) is 11.6 Å². The van der Waals surface area contributed by atoms with E-state index in [9.17, 15) is 0 Å². The number of ether oxygens (including phenoxy) is 1. The van der Waals surface area contributed by atoms with E-state index in [4.69, 9.17) is 15.6 Å². The van der Waals surface area contributed by atoms with Gasteiger partial charge in [0.25, 0.3) is 0 Å². The molecule has 1 aromatic rings. The van der Waals surface area contributed by atoms with Gasteiger partial charge in [-0.3, -0.25) is 0 Å². The third kappa shape index (κ3) is 3.11. The minimum atomic E-state index is 0.303. The van der Waals surface area contributed by atoms with Crippen molar-refractivity contribution in [3.63, 3.8) is 0 Å². The predicted molar refractivity (Wildman–Crippen MR) is 83.4 cm³/mol. The molecule has 1 unspecified atom stereocenters. The third-order valence-electron chi connectivity index (χ3n) is 4.30. The van der Waals surface area contributed by atoms with Crippen LogP contribution in [0.15, 0.2) is 0 Å². The number of hydrogen-bond donors (Lipinski definition) is 2. The molecule has 0 radical (unpaired) electrons. The second-order valence-corrected chi connectivity index (χ2v) is 5.96. The maximum atomic E-state index is 5.80. The van der Waals surface area contributed by atoms with Crippen LogP contribution in [-0.4, -0.2) is 35.8 Å². The Kier molecular flexibility index (Phi) is 4.26. The molecule has 6 nitrogen and oxygen atoms in total. The van der Waals surface area contributed by atoms with Crippen molar-refractivity contribution in [1.29, 1.82) is 0 Å². The van der Waals surface area contributed by atoms with Crippen molar-refractivity contribution in [2.75, 3.05) is 30.0 Å². The predicted octanol–water partition coefficient (Wildman–Crippen LogP) is 1.95. The Hall–Kier alpha value is -1.40. The zero-order valence-corrected chi connectivity index (χ0v) is 12.9. The van der Waals surface area contributed by atoms with Crippen molar-refractivity contribution in [2.45, 2.75) is 51.6 Å². The number of hydrazine groups is 1. The van der Waals surface area contributed by atoms with E-state index in [-0.39, 0.29) is 0 Å². The first-order valence-corrected chi connectivity index (χ1v) is 7.94. The molecule has 2 heterocycles. The molecule has 116 valence electrons. The zero-order valence-electron chi connectivity index (χ0n) is 12.9. The van der Waals surface area contributed by atoms with E-state index in [2.05, 4.69) is 22.2 Å². The second kappa shape index (κ2) is 6.15.